The molecule has 0 spiro atoms. The normalized spacial score (nSPS) is 23.6. The lowest BCUT2D eigenvalue weighted by atomic mass is 10.1. The summed E-state index contributed by atoms with van der Waals surface area (Å²) in [5.41, 5.74) is 0.254. The van der Waals surface area contributed by atoms with E-state index in [4.69, 9.17) is 14.0 Å². The lowest BCUT2D eigenvalue weighted by molar-refractivity contribution is 0.0529. The Kier molecular flexibility index (Phi) is 4.03. The number of ether oxygens (including phenoxy) is 2. The second-order valence-corrected chi connectivity index (χ2v) is 6.56. The minimum Gasteiger partial charge on any atom is -0.444 e. The highest BCUT2D eigenvalue weighted by molar-refractivity contribution is 6.03. The van der Waals surface area contributed by atoms with Crippen LogP contribution < -0.4 is 9.80 Å². The van der Waals surface area contributed by atoms with Crippen LogP contribution >= 0.6 is 0 Å². The van der Waals surface area contributed by atoms with Gasteiger partial charge in [-0.05, 0) is 19.9 Å². The van der Waals surface area contributed by atoms with E-state index >= 15 is 4.39 Å². The Labute approximate surface area is 148 Å². The zero-order chi connectivity index (χ0) is 18.4. The minimum atomic E-state index is -0.668. The molecule has 1 amide bonds. The number of cyclic esters (lactones) is 1. The van der Waals surface area contributed by atoms with Crippen LogP contribution in [0.3, 0.4) is 0 Å². The van der Waals surface area contributed by atoms with E-state index in [0.717, 1.165) is 0 Å². The molecule has 4 rings (SSSR count). The van der Waals surface area contributed by atoms with E-state index in [1.54, 1.807) is 11.8 Å². The summed E-state index contributed by atoms with van der Waals surface area (Å²) in [6.45, 7) is 5.27. The molecule has 2 unspecified atom stereocenters. The van der Waals surface area contributed by atoms with Crippen LogP contribution in [0, 0.1) is 5.82 Å². The average molecular weight is 363 g/mol. The molecule has 1 aromatic heterocycles. The smallest absolute Gasteiger partial charge is 0.416 e. The van der Waals surface area contributed by atoms with E-state index < -0.39 is 11.9 Å². The summed E-state index contributed by atoms with van der Waals surface area (Å²) in [7, 11) is 0. The van der Waals surface area contributed by atoms with Gasteiger partial charge in [-0.3, -0.25) is 9.69 Å². The molecule has 26 heavy (non-hydrogen) atoms. The van der Waals surface area contributed by atoms with Gasteiger partial charge in [0.15, 0.2) is 17.9 Å². The van der Waals surface area contributed by atoms with Crippen molar-refractivity contribution >= 4 is 34.9 Å². The Balaban J connectivity index is 1.83. The molecule has 2 saturated heterocycles. The maximum Gasteiger partial charge on any atom is 0.416 e. The van der Waals surface area contributed by atoms with Crippen molar-refractivity contribution in [2.24, 2.45) is 0 Å². The number of benzene rings is 1. The van der Waals surface area contributed by atoms with Crippen LogP contribution in [0.4, 0.5) is 20.7 Å². The van der Waals surface area contributed by atoms with E-state index in [1.165, 1.54) is 11.0 Å². The second kappa shape index (κ2) is 6.24. The summed E-state index contributed by atoms with van der Waals surface area (Å²) in [6.07, 6.45) is -0.366. The molecular formula is C17H18FN3O5. The molecule has 0 saturated carbocycles. The van der Waals surface area contributed by atoms with Gasteiger partial charge in [-0.25, -0.2) is 9.18 Å². The molecule has 2 aliphatic rings. The van der Waals surface area contributed by atoms with Crippen LogP contribution in [0.1, 0.15) is 24.2 Å². The predicted octanol–water partition coefficient (Wildman–Crippen LogP) is 2.35. The van der Waals surface area contributed by atoms with Crippen molar-refractivity contribution in [2.75, 3.05) is 36.0 Å². The number of hydrogen-bond donors (Lipinski definition) is 0. The largest absolute Gasteiger partial charge is 0.444 e. The molecule has 2 aliphatic heterocycles. The number of halogens is 1. The van der Waals surface area contributed by atoms with Crippen LogP contribution in [-0.2, 0) is 9.47 Å². The van der Waals surface area contributed by atoms with Crippen LogP contribution in [0.2, 0.25) is 0 Å². The summed E-state index contributed by atoms with van der Waals surface area (Å²) >= 11 is 0. The van der Waals surface area contributed by atoms with Crippen molar-refractivity contribution in [3.8, 4) is 0 Å². The molecule has 0 N–H and O–H groups in total. The van der Waals surface area contributed by atoms with E-state index in [-0.39, 0.29) is 46.8 Å². The van der Waals surface area contributed by atoms with E-state index in [1.807, 2.05) is 6.92 Å². The zero-order valence-corrected chi connectivity index (χ0v) is 14.4. The summed E-state index contributed by atoms with van der Waals surface area (Å²) < 4.78 is 30.9. The number of nitrogens with zero attached hydrogens (tertiary/aromatic N) is 3. The molecular weight excluding hydrogens is 345 g/mol. The third-order valence-corrected chi connectivity index (χ3v) is 4.59. The number of aromatic nitrogens is 1. The Hall–Kier alpha value is -2.68. The quantitative estimate of drug-likeness (QED) is 0.774. The van der Waals surface area contributed by atoms with E-state index in [9.17, 15) is 9.59 Å². The number of aldehydes is 1. The molecule has 3 heterocycles. The maximum absolute atomic E-state index is 15.2. The Morgan fingerprint density at radius 1 is 1.31 bits per heavy atom. The van der Waals surface area contributed by atoms with Gasteiger partial charge < -0.3 is 18.9 Å². The first-order valence-electron chi connectivity index (χ1n) is 8.41. The van der Waals surface area contributed by atoms with E-state index in [2.05, 4.69) is 5.16 Å². The standard InChI is InChI=1S/C17H18FN3O5/c1-9-6-20(3-4-24-9)14-11(8-22)5-12-15(13(14)18)26-19-16(12)21-7-10(2)25-17(21)23/h5,8-10H,3-4,6-7H2,1-2H3. The summed E-state index contributed by atoms with van der Waals surface area (Å²) in [6, 6.07) is 1.50. The molecule has 0 bridgehead atoms. The molecule has 2 atom stereocenters. The third-order valence-electron chi connectivity index (χ3n) is 4.59. The van der Waals surface area contributed by atoms with Gasteiger partial charge in [0.1, 0.15) is 6.10 Å². The Bertz CT molecular complexity index is 883. The van der Waals surface area contributed by atoms with Crippen molar-refractivity contribution in [1.82, 2.24) is 5.16 Å². The Morgan fingerprint density at radius 2 is 2.12 bits per heavy atom. The number of hydrogen-bond acceptors (Lipinski definition) is 7. The van der Waals surface area contributed by atoms with Crippen molar-refractivity contribution < 1.29 is 28.0 Å². The van der Waals surface area contributed by atoms with Crippen molar-refractivity contribution in [2.45, 2.75) is 26.1 Å². The van der Waals surface area contributed by atoms with Crippen LogP contribution in [0.5, 0.6) is 0 Å². The highest BCUT2D eigenvalue weighted by Gasteiger charge is 2.34. The van der Waals surface area contributed by atoms with Crippen molar-refractivity contribution in [3.63, 3.8) is 0 Å². The van der Waals surface area contributed by atoms with Gasteiger partial charge in [-0.15, -0.1) is 0 Å². The van der Waals surface area contributed by atoms with Crippen LogP contribution in [-0.4, -0.2) is 56.0 Å². The number of fused-ring (bicyclic) bond motifs is 1. The second-order valence-electron chi connectivity index (χ2n) is 6.56. The van der Waals surface area contributed by atoms with Gasteiger partial charge in [-0.2, -0.15) is 0 Å². The van der Waals surface area contributed by atoms with Gasteiger partial charge >= 0.3 is 6.09 Å². The number of morpholine rings is 1. The number of carbonyl (C=O) groups is 2. The number of amides is 1. The van der Waals surface area contributed by atoms with Gasteiger partial charge in [0.25, 0.3) is 0 Å². The molecule has 2 aromatic rings. The fraction of sp³-hybridized carbons (Fsp3) is 0.471. The SMILES string of the molecule is CC1CN(c2c(C=O)cc3c(N4CC(C)OC4=O)noc3c2F)CCO1. The first-order chi connectivity index (χ1) is 12.5. The molecule has 1 aromatic carbocycles. The first-order valence-corrected chi connectivity index (χ1v) is 8.41. The van der Waals surface area contributed by atoms with E-state index in [0.29, 0.717) is 26.0 Å². The summed E-state index contributed by atoms with van der Waals surface area (Å²) in [5, 5.41) is 4.12. The number of carbonyl (C=O) groups excluding carboxylic acids is 2. The molecule has 9 heteroatoms. The lowest BCUT2D eigenvalue weighted by Gasteiger charge is -2.33. The molecule has 138 valence electrons. The Morgan fingerprint density at radius 3 is 2.77 bits per heavy atom. The third kappa shape index (κ3) is 2.59. The highest BCUT2D eigenvalue weighted by atomic mass is 19.1. The fourth-order valence-corrected chi connectivity index (χ4v) is 3.44. The molecule has 0 radical (unpaired) electrons. The van der Waals surface area contributed by atoms with Crippen LogP contribution in [0.15, 0.2) is 10.6 Å². The minimum absolute atomic E-state index is 0.0792. The number of anilines is 2. The zero-order valence-electron chi connectivity index (χ0n) is 14.4. The van der Waals surface area contributed by atoms with Crippen molar-refractivity contribution in [1.29, 1.82) is 0 Å². The number of rotatable bonds is 3. The van der Waals surface area contributed by atoms with Gasteiger partial charge in [-0.1, -0.05) is 5.16 Å². The topological polar surface area (TPSA) is 85.1 Å². The fourth-order valence-electron chi connectivity index (χ4n) is 3.44. The summed E-state index contributed by atoms with van der Waals surface area (Å²) in [5.74, 6) is -0.517. The van der Waals surface area contributed by atoms with Gasteiger partial charge in [0, 0.05) is 18.7 Å². The lowest BCUT2D eigenvalue weighted by Crippen LogP contribution is -2.42. The summed E-state index contributed by atoms with van der Waals surface area (Å²) in [4.78, 5) is 26.6. The molecule has 0 aliphatic carbocycles. The predicted molar refractivity (Wildman–Crippen MR) is 90.3 cm³/mol. The van der Waals surface area contributed by atoms with Crippen molar-refractivity contribution in [3.05, 3.63) is 17.4 Å². The van der Waals surface area contributed by atoms with Gasteiger partial charge in [0.2, 0.25) is 5.58 Å². The molecule has 8 nitrogen and oxygen atoms in total. The van der Waals surface area contributed by atoms with Gasteiger partial charge in [0.05, 0.1) is 30.3 Å². The molecule has 2 fully saturated rings. The monoisotopic (exact) mass is 363 g/mol. The average Bonchev–Trinajstić information content (AvgIpc) is 3.17. The van der Waals surface area contributed by atoms with Crippen LogP contribution in [0.25, 0.3) is 11.0 Å². The maximum atomic E-state index is 15.2. The first kappa shape index (κ1) is 16.8. The highest BCUT2D eigenvalue weighted by Crippen LogP contribution is 2.37.